The highest BCUT2D eigenvalue weighted by Gasteiger charge is 2.14. The molecule has 18 heavy (non-hydrogen) atoms. The molecule has 0 amide bonds. The van der Waals surface area contributed by atoms with Gasteiger partial charge in [0.2, 0.25) is 0 Å². The second-order valence-corrected chi connectivity index (χ2v) is 4.61. The summed E-state index contributed by atoms with van der Waals surface area (Å²) >= 11 is 7.36. The monoisotopic (exact) mass is 282 g/mol. The predicted octanol–water partition coefficient (Wildman–Crippen LogP) is 2.82. The van der Waals surface area contributed by atoms with Crippen LogP contribution >= 0.6 is 23.4 Å². The summed E-state index contributed by atoms with van der Waals surface area (Å²) in [5.74, 6) is 0.629. The van der Waals surface area contributed by atoms with Gasteiger partial charge in [-0.25, -0.2) is 4.98 Å². The number of hydrogen-bond donors (Lipinski definition) is 1. The summed E-state index contributed by atoms with van der Waals surface area (Å²) in [4.78, 5) is 18.6. The molecule has 1 N–H and O–H groups in total. The Hall–Kier alpha value is -1.46. The second-order valence-electron chi connectivity index (χ2n) is 3.44. The maximum atomic E-state index is 11.7. The summed E-state index contributed by atoms with van der Waals surface area (Å²) in [6.07, 6.45) is 1.83. The van der Waals surface area contributed by atoms with E-state index in [1.165, 1.54) is 11.8 Å². The molecule has 0 aliphatic heterocycles. The van der Waals surface area contributed by atoms with E-state index in [0.717, 1.165) is 0 Å². The molecule has 0 radical (unpaired) electrons. The molecule has 0 spiro atoms. The lowest BCUT2D eigenvalue weighted by Crippen LogP contribution is -2.11. The van der Waals surface area contributed by atoms with E-state index in [9.17, 15) is 4.79 Å². The Morgan fingerprint density at radius 1 is 1.39 bits per heavy atom. The van der Waals surface area contributed by atoms with Crippen molar-refractivity contribution in [1.29, 1.82) is 0 Å². The fourth-order valence-electron chi connectivity index (χ4n) is 1.55. The van der Waals surface area contributed by atoms with Crippen molar-refractivity contribution in [1.82, 2.24) is 9.97 Å². The highest BCUT2D eigenvalue weighted by atomic mass is 35.5. The Bertz CT molecular complexity index is 628. The molecule has 0 bridgehead atoms. The number of ether oxygens (including phenoxy) is 1. The van der Waals surface area contributed by atoms with Crippen LogP contribution in [-0.2, 0) is 0 Å². The molecule has 2 aromatic rings. The van der Waals surface area contributed by atoms with Gasteiger partial charge in [0, 0.05) is 5.56 Å². The van der Waals surface area contributed by atoms with Gasteiger partial charge in [-0.2, -0.15) is 0 Å². The third kappa shape index (κ3) is 2.37. The fraction of sp³-hybridized carbons (Fsp3) is 0.167. The number of aromatic nitrogens is 2. The number of methoxy groups -OCH3 is 1. The quantitative estimate of drug-likeness (QED) is 0.695. The summed E-state index contributed by atoms with van der Waals surface area (Å²) < 4.78 is 5.25. The Balaban J connectivity index is 2.70. The molecule has 0 aliphatic rings. The average Bonchev–Trinajstić information content (AvgIpc) is 2.41. The van der Waals surface area contributed by atoms with Crippen LogP contribution in [0.1, 0.15) is 0 Å². The van der Waals surface area contributed by atoms with Crippen molar-refractivity contribution >= 4 is 23.4 Å². The molecular formula is C12H11ClN2O2S. The number of nitrogens with zero attached hydrogens (tertiary/aromatic N) is 1. The van der Waals surface area contributed by atoms with Gasteiger partial charge < -0.3 is 9.72 Å². The van der Waals surface area contributed by atoms with Gasteiger partial charge in [-0.3, -0.25) is 4.79 Å². The molecule has 0 aliphatic carbocycles. The van der Waals surface area contributed by atoms with Gasteiger partial charge in [0.05, 0.1) is 7.11 Å². The van der Waals surface area contributed by atoms with E-state index in [-0.39, 0.29) is 10.6 Å². The third-order valence-corrected chi connectivity index (χ3v) is 3.33. The van der Waals surface area contributed by atoms with Crippen LogP contribution in [0.3, 0.4) is 0 Å². The zero-order valence-corrected chi connectivity index (χ0v) is 11.4. The number of benzene rings is 1. The van der Waals surface area contributed by atoms with E-state index in [4.69, 9.17) is 16.3 Å². The van der Waals surface area contributed by atoms with Crippen molar-refractivity contribution < 1.29 is 4.74 Å². The van der Waals surface area contributed by atoms with E-state index < -0.39 is 0 Å². The van der Waals surface area contributed by atoms with Crippen LogP contribution in [0.15, 0.2) is 34.2 Å². The lowest BCUT2D eigenvalue weighted by molar-refractivity contribution is 0.416. The van der Waals surface area contributed by atoms with E-state index in [2.05, 4.69) is 9.97 Å². The zero-order chi connectivity index (χ0) is 13.1. The normalized spacial score (nSPS) is 10.4. The average molecular weight is 283 g/mol. The molecule has 0 saturated carbocycles. The summed E-state index contributed by atoms with van der Waals surface area (Å²) in [5, 5.41) is 0.586. The van der Waals surface area contributed by atoms with Crippen molar-refractivity contribution in [3.05, 3.63) is 39.6 Å². The highest BCUT2D eigenvalue weighted by molar-refractivity contribution is 7.98. The Morgan fingerprint density at radius 3 is 2.78 bits per heavy atom. The molecule has 1 aromatic carbocycles. The van der Waals surface area contributed by atoms with E-state index in [0.29, 0.717) is 22.2 Å². The number of H-pyrrole nitrogens is 1. The number of para-hydroxylation sites is 1. The molecule has 2 rings (SSSR count). The lowest BCUT2D eigenvalue weighted by Gasteiger charge is -2.09. The molecule has 0 unspecified atom stereocenters. The van der Waals surface area contributed by atoms with Crippen LogP contribution < -0.4 is 10.3 Å². The topological polar surface area (TPSA) is 55.0 Å². The first kappa shape index (κ1) is 13.0. The number of halogens is 1. The Kier molecular flexibility index (Phi) is 3.93. The van der Waals surface area contributed by atoms with Gasteiger partial charge in [-0.1, -0.05) is 35.5 Å². The first-order chi connectivity index (χ1) is 8.67. The molecule has 4 nitrogen and oxygen atoms in total. The highest BCUT2D eigenvalue weighted by Crippen LogP contribution is 2.31. The zero-order valence-electron chi connectivity index (χ0n) is 9.86. The van der Waals surface area contributed by atoms with Crippen LogP contribution in [0.4, 0.5) is 0 Å². The number of aromatic amines is 1. The number of nitrogens with one attached hydrogen (secondary N) is 1. The number of thioether (sulfide) groups is 1. The van der Waals surface area contributed by atoms with E-state index >= 15 is 0 Å². The number of rotatable bonds is 3. The minimum Gasteiger partial charge on any atom is -0.496 e. The molecule has 1 aromatic heterocycles. The van der Waals surface area contributed by atoms with Crippen LogP contribution in [0.25, 0.3) is 11.3 Å². The minimum atomic E-state index is -0.350. The van der Waals surface area contributed by atoms with Crippen molar-refractivity contribution in [2.24, 2.45) is 0 Å². The maximum Gasteiger partial charge on any atom is 0.270 e. The summed E-state index contributed by atoms with van der Waals surface area (Å²) in [6, 6.07) is 7.30. The molecule has 0 atom stereocenters. The van der Waals surface area contributed by atoms with Crippen molar-refractivity contribution in [3.63, 3.8) is 0 Å². The predicted molar refractivity (Wildman–Crippen MR) is 73.6 cm³/mol. The molecule has 1 heterocycles. The fourth-order valence-corrected chi connectivity index (χ4v) is 2.12. The van der Waals surface area contributed by atoms with E-state index in [1.54, 1.807) is 13.2 Å². The molecule has 6 heteroatoms. The Morgan fingerprint density at radius 2 is 2.11 bits per heavy atom. The smallest absolute Gasteiger partial charge is 0.270 e. The van der Waals surface area contributed by atoms with Crippen LogP contribution in [0.2, 0.25) is 5.02 Å². The van der Waals surface area contributed by atoms with Gasteiger partial charge in [0.1, 0.15) is 16.5 Å². The third-order valence-electron chi connectivity index (χ3n) is 2.40. The molecule has 0 saturated heterocycles. The van der Waals surface area contributed by atoms with Crippen molar-refractivity contribution in [2.75, 3.05) is 13.4 Å². The van der Waals surface area contributed by atoms with Crippen molar-refractivity contribution in [3.8, 4) is 17.0 Å². The second kappa shape index (κ2) is 5.46. The first-order valence-electron chi connectivity index (χ1n) is 5.14. The van der Waals surface area contributed by atoms with Gasteiger partial charge >= 0.3 is 0 Å². The molecular weight excluding hydrogens is 272 g/mol. The van der Waals surface area contributed by atoms with Crippen LogP contribution in [-0.4, -0.2) is 23.3 Å². The van der Waals surface area contributed by atoms with Crippen LogP contribution in [0.5, 0.6) is 5.75 Å². The van der Waals surface area contributed by atoms with E-state index in [1.807, 2.05) is 24.5 Å². The SMILES string of the molecule is COc1ccccc1-c1nc(SC)[nH]c(=O)c1Cl. The first-order valence-corrected chi connectivity index (χ1v) is 6.75. The van der Waals surface area contributed by atoms with Gasteiger partial charge in [-0.15, -0.1) is 0 Å². The minimum absolute atomic E-state index is 0.0669. The molecule has 0 fully saturated rings. The summed E-state index contributed by atoms with van der Waals surface area (Å²) in [7, 11) is 1.56. The molecule has 94 valence electrons. The van der Waals surface area contributed by atoms with Crippen molar-refractivity contribution in [2.45, 2.75) is 5.16 Å². The standard InChI is InChI=1S/C12H11ClN2O2S/c1-17-8-6-4-3-5-7(8)10-9(13)11(16)15-12(14-10)18-2/h3-6H,1-2H3,(H,14,15,16). The largest absolute Gasteiger partial charge is 0.496 e. The number of hydrogen-bond acceptors (Lipinski definition) is 4. The summed E-state index contributed by atoms with van der Waals surface area (Å²) in [5.41, 5.74) is 0.783. The van der Waals surface area contributed by atoms with Gasteiger partial charge in [-0.05, 0) is 18.4 Å². The van der Waals surface area contributed by atoms with Crippen LogP contribution in [0, 0.1) is 0 Å². The van der Waals surface area contributed by atoms with Gasteiger partial charge in [0.25, 0.3) is 5.56 Å². The summed E-state index contributed by atoms with van der Waals surface area (Å²) in [6.45, 7) is 0. The Labute approximate surface area is 113 Å². The van der Waals surface area contributed by atoms with Gasteiger partial charge in [0.15, 0.2) is 5.16 Å². The lowest BCUT2D eigenvalue weighted by atomic mass is 10.1. The maximum absolute atomic E-state index is 11.7.